The second-order valence-electron chi connectivity index (χ2n) is 4.79. The van der Waals surface area contributed by atoms with Crippen molar-refractivity contribution in [3.8, 4) is 0 Å². The minimum atomic E-state index is 0.525. The number of nitrogens with zero attached hydrogens (tertiary/aromatic N) is 4. The Bertz CT molecular complexity index is 383. The Morgan fingerprint density at radius 3 is 3.00 bits per heavy atom. The molecule has 1 aromatic heterocycles. The van der Waals surface area contributed by atoms with Crippen molar-refractivity contribution in [2.24, 2.45) is 0 Å². The van der Waals surface area contributed by atoms with Gasteiger partial charge in [0.1, 0.15) is 5.82 Å². The lowest BCUT2D eigenvalue weighted by atomic mass is 10.2. The maximum Gasteiger partial charge on any atom is 0.224 e. The maximum atomic E-state index is 4.35. The molecule has 100 valence electrons. The Labute approximate surface area is 108 Å². The fourth-order valence-corrected chi connectivity index (χ4v) is 2.12. The molecule has 2 rings (SSSR count). The predicted octanol–water partition coefficient (Wildman–Crippen LogP) is 0.176. The Hall–Kier alpha value is -1.40. The molecule has 2 heterocycles. The van der Waals surface area contributed by atoms with E-state index in [2.05, 4.69) is 44.5 Å². The molecule has 6 heteroatoms. The van der Waals surface area contributed by atoms with Gasteiger partial charge in [0, 0.05) is 45.5 Å². The first-order valence-electron chi connectivity index (χ1n) is 6.32. The zero-order valence-electron chi connectivity index (χ0n) is 11.3. The number of piperazine rings is 1. The van der Waals surface area contributed by atoms with E-state index >= 15 is 0 Å². The molecule has 2 N–H and O–H groups in total. The van der Waals surface area contributed by atoms with E-state index in [0.717, 1.165) is 32.0 Å². The summed E-state index contributed by atoms with van der Waals surface area (Å²) in [5.41, 5.74) is 0. The van der Waals surface area contributed by atoms with Gasteiger partial charge >= 0.3 is 0 Å². The van der Waals surface area contributed by atoms with Gasteiger partial charge in [-0.15, -0.1) is 0 Å². The minimum absolute atomic E-state index is 0.525. The summed E-state index contributed by atoms with van der Waals surface area (Å²) < 4.78 is 0. The van der Waals surface area contributed by atoms with Gasteiger partial charge in [-0.1, -0.05) is 0 Å². The van der Waals surface area contributed by atoms with E-state index in [0.29, 0.717) is 12.0 Å². The molecule has 1 atom stereocenters. The van der Waals surface area contributed by atoms with Crippen molar-refractivity contribution in [1.82, 2.24) is 19.8 Å². The van der Waals surface area contributed by atoms with E-state index in [9.17, 15) is 0 Å². The van der Waals surface area contributed by atoms with Crippen LogP contribution in [-0.2, 0) is 0 Å². The molecule has 0 aromatic carbocycles. The molecule has 1 saturated heterocycles. The predicted molar refractivity (Wildman–Crippen MR) is 74.0 cm³/mol. The largest absolute Gasteiger partial charge is 0.368 e. The molecule has 18 heavy (non-hydrogen) atoms. The van der Waals surface area contributed by atoms with E-state index in [4.69, 9.17) is 0 Å². The summed E-state index contributed by atoms with van der Waals surface area (Å²) in [5.74, 6) is 1.52. The lowest BCUT2D eigenvalue weighted by molar-refractivity contribution is 0.122. The van der Waals surface area contributed by atoms with Crippen molar-refractivity contribution in [3.05, 3.63) is 12.3 Å². The van der Waals surface area contributed by atoms with E-state index in [-0.39, 0.29) is 0 Å². The third-order valence-electron chi connectivity index (χ3n) is 3.38. The van der Waals surface area contributed by atoms with Crippen LogP contribution in [0.1, 0.15) is 0 Å². The molecule has 0 bridgehead atoms. The maximum absolute atomic E-state index is 4.35. The number of likely N-dealkylation sites (N-methyl/N-ethyl adjacent to an activating group) is 2. The molecule has 6 nitrogen and oxygen atoms in total. The number of nitrogens with one attached hydrogen (secondary N) is 2. The third-order valence-corrected chi connectivity index (χ3v) is 3.38. The molecule has 0 amide bonds. The zero-order chi connectivity index (χ0) is 13.0. The molecular formula is C12H22N6. The number of rotatable bonds is 4. The van der Waals surface area contributed by atoms with Crippen molar-refractivity contribution in [2.75, 3.05) is 58.0 Å². The standard InChI is InChI=1S/C12H22N6/c1-13-12-14-5-4-11(16-12)15-8-10-9-17(2)6-7-18(10)3/h4-5,10H,6-9H2,1-3H3,(H2,13,14,15,16). The second kappa shape index (κ2) is 5.97. The van der Waals surface area contributed by atoms with E-state index in [1.54, 1.807) is 6.20 Å². The van der Waals surface area contributed by atoms with Gasteiger partial charge in [0.05, 0.1) is 0 Å². The smallest absolute Gasteiger partial charge is 0.224 e. The summed E-state index contributed by atoms with van der Waals surface area (Å²) in [6.45, 7) is 4.26. The fraction of sp³-hybridized carbons (Fsp3) is 0.667. The van der Waals surface area contributed by atoms with Crippen LogP contribution in [0.5, 0.6) is 0 Å². The summed E-state index contributed by atoms with van der Waals surface area (Å²) >= 11 is 0. The highest BCUT2D eigenvalue weighted by Gasteiger charge is 2.21. The van der Waals surface area contributed by atoms with Crippen LogP contribution in [0.25, 0.3) is 0 Å². The monoisotopic (exact) mass is 250 g/mol. The summed E-state index contributed by atoms with van der Waals surface area (Å²) in [6, 6.07) is 2.42. The van der Waals surface area contributed by atoms with Gasteiger partial charge < -0.3 is 15.5 Å². The van der Waals surface area contributed by atoms with Crippen molar-refractivity contribution in [2.45, 2.75) is 6.04 Å². The second-order valence-corrected chi connectivity index (χ2v) is 4.79. The highest BCUT2D eigenvalue weighted by atomic mass is 15.3. The highest BCUT2D eigenvalue weighted by molar-refractivity contribution is 5.39. The minimum Gasteiger partial charge on any atom is -0.368 e. The number of hydrogen-bond acceptors (Lipinski definition) is 6. The Morgan fingerprint density at radius 1 is 1.39 bits per heavy atom. The highest BCUT2D eigenvalue weighted by Crippen LogP contribution is 2.09. The topological polar surface area (TPSA) is 56.3 Å². The van der Waals surface area contributed by atoms with Gasteiger partial charge in [-0.2, -0.15) is 4.98 Å². The molecule has 0 radical (unpaired) electrons. The molecule has 0 saturated carbocycles. The van der Waals surface area contributed by atoms with Crippen LogP contribution < -0.4 is 10.6 Å². The molecule has 1 aliphatic rings. The van der Waals surface area contributed by atoms with Gasteiger partial charge in [0.2, 0.25) is 5.95 Å². The van der Waals surface area contributed by atoms with Gasteiger partial charge in [0.25, 0.3) is 0 Å². The number of hydrogen-bond donors (Lipinski definition) is 2. The molecule has 0 aliphatic carbocycles. The molecule has 1 aliphatic heterocycles. The summed E-state index contributed by atoms with van der Waals surface area (Å²) in [7, 11) is 6.17. The molecular weight excluding hydrogens is 228 g/mol. The summed E-state index contributed by atoms with van der Waals surface area (Å²) in [5, 5.41) is 6.32. The van der Waals surface area contributed by atoms with Crippen LogP contribution in [0, 0.1) is 0 Å². The first-order valence-corrected chi connectivity index (χ1v) is 6.32. The van der Waals surface area contributed by atoms with Crippen LogP contribution >= 0.6 is 0 Å². The zero-order valence-corrected chi connectivity index (χ0v) is 11.3. The van der Waals surface area contributed by atoms with Gasteiger partial charge in [0.15, 0.2) is 0 Å². The van der Waals surface area contributed by atoms with E-state index < -0.39 is 0 Å². The van der Waals surface area contributed by atoms with Gasteiger partial charge in [-0.3, -0.25) is 4.90 Å². The average Bonchev–Trinajstić information content (AvgIpc) is 2.40. The SMILES string of the molecule is CNc1nccc(NCC2CN(C)CCN2C)n1. The van der Waals surface area contributed by atoms with Gasteiger partial charge in [-0.05, 0) is 20.2 Å². The van der Waals surface area contributed by atoms with Crippen molar-refractivity contribution < 1.29 is 0 Å². The van der Waals surface area contributed by atoms with Crippen LogP contribution in [0.3, 0.4) is 0 Å². The normalized spacial score (nSPS) is 21.8. The fourth-order valence-electron chi connectivity index (χ4n) is 2.12. The lowest BCUT2D eigenvalue weighted by Gasteiger charge is -2.37. The molecule has 1 unspecified atom stereocenters. The average molecular weight is 250 g/mol. The summed E-state index contributed by atoms with van der Waals surface area (Å²) in [4.78, 5) is 13.2. The lowest BCUT2D eigenvalue weighted by Crippen LogP contribution is -2.52. The number of aromatic nitrogens is 2. The first-order chi connectivity index (χ1) is 8.69. The number of anilines is 2. The molecule has 0 spiro atoms. The van der Waals surface area contributed by atoms with Crippen molar-refractivity contribution in [3.63, 3.8) is 0 Å². The van der Waals surface area contributed by atoms with Crippen molar-refractivity contribution in [1.29, 1.82) is 0 Å². The Kier molecular flexibility index (Phi) is 4.33. The van der Waals surface area contributed by atoms with E-state index in [1.807, 2.05) is 13.1 Å². The third kappa shape index (κ3) is 3.30. The van der Waals surface area contributed by atoms with Gasteiger partial charge in [-0.25, -0.2) is 4.98 Å². The van der Waals surface area contributed by atoms with Crippen LogP contribution in [-0.4, -0.2) is 73.1 Å². The van der Waals surface area contributed by atoms with Crippen LogP contribution in [0.2, 0.25) is 0 Å². The Balaban J connectivity index is 1.89. The first kappa shape index (κ1) is 13.0. The van der Waals surface area contributed by atoms with Crippen molar-refractivity contribution >= 4 is 11.8 Å². The molecule has 1 fully saturated rings. The Morgan fingerprint density at radius 2 is 2.22 bits per heavy atom. The quantitative estimate of drug-likeness (QED) is 0.795. The van der Waals surface area contributed by atoms with E-state index in [1.165, 1.54) is 0 Å². The summed E-state index contributed by atoms with van der Waals surface area (Å²) in [6.07, 6.45) is 1.76. The van der Waals surface area contributed by atoms with Crippen LogP contribution in [0.15, 0.2) is 12.3 Å². The molecule has 1 aromatic rings. The van der Waals surface area contributed by atoms with Crippen LogP contribution in [0.4, 0.5) is 11.8 Å².